The number of fused-ring (bicyclic) bond motifs is 1. The lowest BCUT2D eigenvalue weighted by atomic mass is 10.00. The molecule has 0 spiro atoms. The number of anilines is 1. The monoisotopic (exact) mass is 419 g/mol. The van der Waals surface area contributed by atoms with Gasteiger partial charge in [-0.1, -0.05) is 17.4 Å². The van der Waals surface area contributed by atoms with Crippen LogP contribution in [0.5, 0.6) is 5.75 Å². The second-order valence-electron chi connectivity index (χ2n) is 6.16. The first-order chi connectivity index (χ1) is 13.2. The number of hydrogen-bond acceptors (Lipinski definition) is 5. The zero-order chi connectivity index (χ0) is 18.8. The van der Waals surface area contributed by atoms with Crippen LogP contribution in [0.4, 0.5) is 9.52 Å². The van der Waals surface area contributed by atoms with Gasteiger partial charge in [-0.15, -0.1) is 12.4 Å². The highest BCUT2D eigenvalue weighted by molar-refractivity contribution is 7.22. The minimum atomic E-state index is -0.379. The summed E-state index contributed by atoms with van der Waals surface area (Å²) in [5.74, 6) is -0.0337. The van der Waals surface area contributed by atoms with Gasteiger partial charge in [-0.2, -0.15) is 0 Å². The van der Waals surface area contributed by atoms with Crippen LogP contribution in [0, 0.1) is 5.82 Å². The number of nitrogens with zero attached hydrogens (tertiary/aromatic N) is 1. The first-order valence-corrected chi connectivity index (χ1v) is 9.42. The number of carbonyl (C=O) groups is 1. The maximum atomic E-state index is 13.1. The third-order valence-corrected chi connectivity index (χ3v) is 5.47. The largest absolute Gasteiger partial charge is 0.494 e. The molecule has 3 aromatic rings. The van der Waals surface area contributed by atoms with E-state index in [0.717, 1.165) is 35.3 Å². The van der Waals surface area contributed by atoms with Gasteiger partial charge in [0.05, 0.1) is 11.8 Å². The van der Waals surface area contributed by atoms with E-state index in [1.807, 2.05) is 12.1 Å². The number of ether oxygens (including phenoxy) is 1. The molecule has 146 valence electrons. The van der Waals surface area contributed by atoms with Crippen LogP contribution >= 0.6 is 23.7 Å². The van der Waals surface area contributed by atoms with E-state index in [9.17, 15) is 9.18 Å². The molecule has 0 radical (unpaired) electrons. The van der Waals surface area contributed by atoms with Gasteiger partial charge in [0.25, 0.3) is 5.91 Å². The van der Waals surface area contributed by atoms with Crippen molar-refractivity contribution < 1.29 is 13.9 Å². The quantitative estimate of drug-likeness (QED) is 0.653. The minimum Gasteiger partial charge on any atom is -0.494 e. The lowest BCUT2D eigenvalue weighted by molar-refractivity contribution is 0.102. The predicted octanol–water partition coefficient (Wildman–Crippen LogP) is 4.49. The Hall–Kier alpha value is -2.48. The first kappa shape index (κ1) is 20.3. The molecule has 2 aromatic carbocycles. The molecule has 0 saturated carbocycles. The van der Waals surface area contributed by atoms with Crippen LogP contribution in [-0.4, -0.2) is 31.1 Å². The van der Waals surface area contributed by atoms with Gasteiger partial charge >= 0.3 is 0 Å². The summed E-state index contributed by atoms with van der Waals surface area (Å²) in [6.07, 6.45) is 3.12. The lowest BCUT2D eigenvalue weighted by Gasteiger charge is -2.15. The van der Waals surface area contributed by atoms with Crippen molar-refractivity contribution in [1.82, 2.24) is 10.3 Å². The second-order valence-corrected chi connectivity index (χ2v) is 7.16. The Bertz CT molecular complexity index is 1030. The summed E-state index contributed by atoms with van der Waals surface area (Å²) in [7, 11) is 1.61. The number of hydrogen-bond donors (Lipinski definition) is 2. The van der Waals surface area contributed by atoms with E-state index in [1.54, 1.807) is 7.11 Å². The van der Waals surface area contributed by atoms with Gasteiger partial charge in [0, 0.05) is 12.1 Å². The van der Waals surface area contributed by atoms with Gasteiger partial charge in [0.2, 0.25) is 0 Å². The van der Waals surface area contributed by atoms with E-state index >= 15 is 0 Å². The van der Waals surface area contributed by atoms with Crippen molar-refractivity contribution in [3.63, 3.8) is 0 Å². The van der Waals surface area contributed by atoms with Crippen molar-refractivity contribution in [2.75, 3.05) is 25.5 Å². The van der Waals surface area contributed by atoms with Gasteiger partial charge < -0.3 is 10.1 Å². The number of halogens is 2. The van der Waals surface area contributed by atoms with Crippen molar-refractivity contribution >= 4 is 50.6 Å². The number of thiazole rings is 1. The van der Waals surface area contributed by atoms with Gasteiger partial charge in [-0.25, -0.2) is 9.37 Å². The molecule has 0 unspecified atom stereocenters. The summed E-state index contributed by atoms with van der Waals surface area (Å²) in [6.45, 7) is 1.78. The smallest absolute Gasteiger partial charge is 0.257 e. The van der Waals surface area contributed by atoms with Crippen molar-refractivity contribution in [2.45, 2.75) is 6.42 Å². The zero-order valence-corrected chi connectivity index (χ0v) is 16.8. The molecule has 0 bridgehead atoms. The topological polar surface area (TPSA) is 63.2 Å². The van der Waals surface area contributed by atoms with Crippen LogP contribution in [0.3, 0.4) is 0 Å². The predicted molar refractivity (Wildman–Crippen MR) is 113 cm³/mol. The Balaban J connectivity index is 0.00000225. The Labute approximate surface area is 172 Å². The average Bonchev–Trinajstić information content (AvgIpc) is 3.11. The number of amides is 1. The maximum Gasteiger partial charge on any atom is 0.257 e. The summed E-state index contributed by atoms with van der Waals surface area (Å²) in [4.78, 5) is 17.0. The second kappa shape index (κ2) is 8.68. The van der Waals surface area contributed by atoms with Crippen LogP contribution < -0.4 is 15.4 Å². The molecule has 5 nitrogen and oxygen atoms in total. The van der Waals surface area contributed by atoms with E-state index in [-0.39, 0.29) is 24.1 Å². The van der Waals surface area contributed by atoms with Crippen molar-refractivity contribution in [3.8, 4) is 5.75 Å². The fourth-order valence-corrected chi connectivity index (χ4v) is 4.12. The Morgan fingerprint density at radius 2 is 2.04 bits per heavy atom. The summed E-state index contributed by atoms with van der Waals surface area (Å²) >= 11 is 1.41. The Morgan fingerprint density at radius 1 is 1.25 bits per heavy atom. The molecule has 0 fully saturated rings. The molecule has 0 aliphatic carbocycles. The molecular formula is C20H19ClFN3O2S. The van der Waals surface area contributed by atoms with Crippen LogP contribution in [0.15, 0.2) is 42.5 Å². The number of benzene rings is 2. The fraction of sp³-hybridized carbons (Fsp3) is 0.200. The van der Waals surface area contributed by atoms with Crippen molar-refractivity contribution in [2.24, 2.45) is 0 Å². The standard InChI is InChI=1S/C20H18FN3O2S.ClH/c1-26-16-7-6-15(12-8-10-22-11-9-12)18-17(16)23-20(27-18)24-19(25)13-2-4-14(21)5-3-13;/h2-8,22H,9-11H2,1H3,(H,23,24,25);1H. The molecule has 1 aliphatic heterocycles. The third kappa shape index (κ3) is 4.01. The van der Waals surface area contributed by atoms with E-state index in [2.05, 4.69) is 21.7 Å². The average molecular weight is 420 g/mol. The summed E-state index contributed by atoms with van der Waals surface area (Å²) in [6, 6.07) is 9.37. The third-order valence-electron chi connectivity index (χ3n) is 4.46. The zero-order valence-electron chi connectivity index (χ0n) is 15.1. The Kier molecular flexibility index (Phi) is 6.28. The normalized spacial score (nSPS) is 13.6. The fourth-order valence-electron chi connectivity index (χ4n) is 3.09. The SMILES string of the molecule is COc1ccc(C2=CCNCC2)c2sc(NC(=O)c3ccc(F)cc3)nc12.Cl. The number of nitrogens with one attached hydrogen (secondary N) is 2. The van der Waals surface area contributed by atoms with Crippen LogP contribution in [-0.2, 0) is 0 Å². The van der Waals surface area contributed by atoms with E-state index in [4.69, 9.17) is 4.74 Å². The van der Waals surface area contributed by atoms with Crippen LogP contribution in [0.2, 0.25) is 0 Å². The number of carbonyl (C=O) groups excluding carboxylic acids is 1. The molecule has 1 aromatic heterocycles. The number of rotatable bonds is 4. The number of methoxy groups -OCH3 is 1. The lowest BCUT2D eigenvalue weighted by Crippen LogP contribution is -2.20. The van der Waals surface area contributed by atoms with E-state index in [0.29, 0.717) is 16.4 Å². The molecule has 2 heterocycles. The van der Waals surface area contributed by atoms with Gasteiger partial charge in [0.15, 0.2) is 5.13 Å². The molecule has 1 aliphatic rings. The first-order valence-electron chi connectivity index (χ1n) is 8.60. The molecule has 1 amide bonds. The number of aromatic nitrogens is 1. The van der Waals surface area contributed by atoms with E-state index in [1.165, 1.54) is 41.2 Å². The van der Waals surface area contributed by atoms with E-state index < -0.39 is 0 Å². The Morgan fingerprint density at radius 3 is 2.71 bits per heavy atom. The van der Waals surface area contributed by atoms with Crippen LogP contribution in [0.1, 0.15) is 22.3 Å². The summed E-state index contributed by atoms with van der Waals surface area (Å²) < 4.78 is 19.5. The van der Waals surface area contributed by atoms with Crippen molar-refractivity contribution in [3.05, 3.63) is 59.4 Å². The molecule has 28 heavy (non-hydrogen) atoms. The minimum absolute atomic E-state index is 0. The van der Waals surface area contributed by atoms with Gasteiger partial charge in [-0.3, -0.25) is 10.1 Å². The van der Waals surface area contributed by atoms with Gasteiger partial charge in [-0.05, 0) is 60.5 Å². The van der Waals surface area contributed by atoms with Crippen molar-refractivity contribution in [1.29, 1.82) is 0 Å². The maximum absolute atomic E-state index is 13.1. The van der Waals surface area contributed by atoms with Gasteiger partial charge in [0.1, 0.15) is 17.1 Å². The summed E-state index contributed by atoms with van der Waals surface area (Å²) in [5, 5.41) is 6.60. The highest BCUT2D eigenvalue weighted by Crippen LogP contribution is 2.38. The highest BCUT2D eigenvalue weighted by atomic mass is 35.5. The molecule has 2 N–H and O–H groups in total. The molecule has 4 rings (SSSR count). The highest BCUT2D eigenvalue weighted by Gasteiger charge is 2.18. The van der Waals surface area contributed by atoms with Crippen LogP contribution in [0.25, 0.3) is 15.8 Å². The summed E-state index contributed by atoms with van der Waals surface area (Å²) in [5.41, 5.74) is 3.49. The molecule has 8 heteroatoms. The molecular weight excluding hydrogens is 401 g/mol. The molecule has 0 atom stereocenters. The molecule has 0 saturated heterocycles.